The first-order chi connectivity index (χ1) is 9.62. The zero-order valence-corrected chi connectivity index (χ0v) is 14.2. The summed E-state index contributed by atoms with van der Waals surface area (Å²) >= 11 is 12.0. The van der Waals surface area contributed by atoms with Gasteiger partial charge in [0.1, 0.15) is 0 Å². The average Bonchev–Trinajstić information content (AvgIpc) is 2.38. The molecule has 0 bridgehead atoms. The Labute approximate surface area is 134 Å². The van der Waals surface area contributed by atoms with Crippen LogP contribution in [0, 0.1) is 6.92 Å². The molecular weight excluding hydrogens is 337 g/mol. The van der Waals surface area contributed by atoms with Crippen molar-refractivity contribution in [1.29, 1.82) is 0 Å². The number of anilines is 1. The predicted octanol–water partition coefficient (Wildman–Crippen LogP) is 2.31. The largest absolute Gasteiger partial charge is 0.337 e. The number of sulfonamides is 1. The third-order valence-corrected chi connectivity index (χ3v) is 5.06. The van der Waals surface area contributed by atoms with E-state index in [0.29, 0.717) is 21.3 Å². The van der Waals surface area contributed by atoms with E-state index in [1.165, 1.54) is 7.05 Å². The van der Waals surface area contributed by atoms with Crippen LogP contribution in [0.4, 0.5) is 10.5 Å². The van der Waals surface area contributed by atoms with E-state index in [1.807, 2.05) is 0 Å². The van der Waals surface area contributed by atoms with Crippen LogP contribution in [0.5, 0.6) is 0 Å². The number of halogens is 2. The van der Waals surface area contributed by atoms with Gasteiger partial charge in [0, 0.05) is 25.2 Å². The van der Waals surface area contributed by atoms with E-state index in [0.717, 1.165) is 10.6 Å². The summed E-state index contributed by atoms with van der Waals surface area (Å²) in [5, 5.41) is 6.01. The quantitative estimate of drug-likeness (QED) is 0.852. The van der Waals surface area contributed by atoms with Crippen LogP contribution in [0.3, 0.4) is 0 Å². The van der Waals surface area contributed by atoms with E-state index >= 15 is 0 Å². The van der Waals surface area contributed by atoms with Gasteiger partial charge >= 0.3 is 6.03 Å². The Kier molecular flexibility index (Phi) is 6.27. The van der Waals surface area contributed by atoms with Crippen molar-refractivity contribution in [3.63, 3.8) is 0 Å². The van der Waals surface area contributed by atoms with Crippen LogP contribution in [0.1, 0.15) is 5.56 Å². The van der Waals surface area contributed by atoms with E-state index < -0.39 is 16.1 Å². The van der Waals surface area contributed by atoms with Gasteiger partial charge in [-0.15, -0.1) is 0 Å². The first kappa shape index (κ1) is 18.0. The van der Waals surface area contributed by atoms with Crippen molar-refractivity contribution >= 4 is 44.9 Å². The van der Waals surface area contributed by atoms with Crippen molar-refractivity contribution < 1.29 is 13.2 Å². The summed E-state index contributed by atoms with van der Waals surface area (Å²) in [5.74, 6) is 0. The zero-order valence-electron chi connectivity index (χ0n) is 11.9. The number of hydrogen-bond acceptors (Lipinski definition) is 3. The second-order valence-electron chi connectivity index (χ2n) is 4.50. The number of carbonyl (C=O) groups is 1. The summed E-state index contributed by atoms with van der Waals surface area (Å²) in [7, 11) is -1.81. The zero-order chi connectivity index (χ0) is 16.2. The average molecular weight is 354 g/mol. The number of carbonyl (C=O) groups excluding carboxylic acids is 1. The standard InChI is InChI=1S/C12H17Cl2N3O3S/c1-8-9(13)4-5-10(11(8)14)16-12(18)15-6-7-17(2)21(3,19)20/h4-5H,6-7H2,1-3H3,(H2,15,16,18). The first-order valence-electron chi connectivity index (χ1n) is 6.03. The van der Waals surface area contributed by atoms with Crippen LogP contribution < -0.4 is 10.6 Å². The third kappa shape index (κ3) is 5.35. The lowest BCUT2D eigenvalue weighted by Gasteiger charge is -2.15. The Morgan fingerprint density at radius 1 is 1.33 bits per heavy atom. The minimum Gasteiger partial charge on any atom is -0.337 e. The Hall–Kier alpha value is -1.02. The van der Waals surface area contributed by atoms with Gasteiger partial charge in [-0.1, -0.05) is 23.2 Å². The lowest BCUT2D eigenvalue weighted by molar-refractivity contribution is 0.251. The van der Waals surface area contributed by atoms with Gasteiger partial charge in [0.15, 0.2) is 0 Å². The van der Waals surface area contributed by atoms with Crippen molar-refractivity contribution in [3.05, 3.63) is 27.7 Å². The molecule has 0 unspecified atom stereocenters. The van der Waals surface area contributed by atoms with Gasteiger partial charge < -0.3 is 10.6 Å². The highest BCUT2D eigenvalue weighted by atomic mass is 35.5. The number of nitrogens with one attached hydrogen (secondary N) is 2. The molecule has 0 aliphatic heterocycles. The van der Waals surface area contributed by atoms with Crippen molar-refractivity contribution in [2.75, 3.05) is 31.7 Å². The molecule has 0 saturated carbocycles. The molecule has 2 amide bonds. The van der Waals surface area contributed by atoms with Crippen molar-refractivity contribution in [3.8, 4) is 0 Å². The van der Waals surface area contributed by atoms with E-state index in [9.17, 15) is 13.2 Å². The van der Waals surface area contributed by atoms with Gasteiger partial charge in [0.2, 0.25) is 10.0 Å². The number of likely N-dealkylation sites (N-methyl/N-ethyl adjacent to an activating group) is 1. The molecule has 0 aliphatic rings. The molecule has 0 atom stereocenters. The highest BCUT2D eigenvalue weighted by molar-refractivity contribution is 7.88. The number of amides is 2. The van der Waals surface area contributed by atoms with Crippen LogP contribution in [0.25, 0.3) is 0 Å². The maximum atomic E-state index is 11.7. The van der Waals surface area contributed by atoms with Crippen molar-refractivity contribution in [2.45, 2.75) is 6.92 Å². The Morgan fingerprint density at radius 2 is 1.95 bits per heavy atom. The molecule has 0 radical (unpaired) electrons. The Balaban J connectivity index is 2.54. The Morgan fingerprint density at radius 3 is 2.52 bits per heavy atom. The van der Waals surface area contributed by atoms with Crippen LogP contribution in [-0.2, 0) is 10.0 Å². The molecule has 0 fully saturated rings. The van der Waals surface area contributed by atoms with Crippen LogP contribution in [0.2, 0.25) is 10.0 Å². The topological polar surface area (TPSA) is 78.5 Å². The molecule has 1 aromatic rings. The molecule has 118 valence electrons. The minimum atomic E-state index is -3.25. The number of urea groups is 1. The summed E-state index contributed by atoms with van der Waals surface area (Å²) in [6.45, 7) is 2.11. The van der Waals surface area contributed by atoms with Crippen LogP contribution in [-0.4, -0.2) is 45.1 Å². The maximum Gasteiger partial charge on any atom is 0.319 e. The van der Waals surface area contributed by atoms with Gasteiger partial charge in [-0.25, -0.2) is 17.5 Å². The lowest BCUT2D eigenvalue weighted by atomic mass is 10.2. The first-order valence-corrected chi connectivity index (χ1v) is 8.64. The minimum absolute atomic E-state index is 0.180. The molecular formula is C12H17Cl2N3O3S. The number of benzene rings is 1. The SMILES string of the molecule is Cc1c(Cl)ccc(NC(=O)NCCN(C)S(C)(=O)=O)c1Cl. The molecule has 21 heavy (non-hydrogen) atoms. The normalized spacial score (nSPS) is 11.5. The summed E-state index contributed by atoms with van der Waals surface area (Å²) in [5.41, 5.74) is 1.11. The number of rotatable bonds is 5. The molecule has 1 rings (SSSR count). The molecule has 0 saturated heterocycles. The summed E-state index contributed by atoms with van der Waals surface area (Å²) < 4.78 is 23.5. The highest BCUT2D eigenvalue weighted by Gasteiger charge is 2.12. The van der Waals surface area contributed by atoms with E-state index in [2.05, 4.69) is 10.6 Å². The predicted molar refractivity (Wildman–Crippen MR) is 85.7 cm³/mol. The molecule has 6 nitrogen and oxygen atoms in total. The lowest BCUT2D eigenvalue weighted by Crippen LogP contribution is -2.37. The Bertz CT molecular complexity index is 635. The van der Waals surface area contributed by atoms with E-state index in [1.54, 1.807) is 19.1 Å². The van der Waals surface area contributed by atoms with Gasteiger partial charge in [0.25, 0.3) is 0 Å². The van der Waals surface area contributed by atoms with Gasteiger partial charge in [-0.05, 0) is 24.6 Å². The molecule has 9 heteroatoms. The number of nitrogens with zero attached hydrogens (tertiary/aromatic N) is 1. The van der Waals surface area contributed by atoms with Crippen molar-refractivity contribution in [1.82, 2.24) is 9.62 Å². The second-order valence-corrected chi connectivity index (χ2v) is 7.37. The monoisotopic (exact) mass is 353 g/mol. The van der Waals surface area contributed by atoms with E-state index in [-0.39, 0.29) is 13.1 Å². The van der Waals surface area contributed by atoms with Gasteiger partial charge in [0.05, 0.1) is 17.0 Å². The molecule has 0 heterocycles. The number of hydrogen-bond donors (Lipinski definition) is 2. The molecule has 0 aliphatic carbocycles. The molecule has 2 N–H and O–H groups in total. The van der Waals surface area contributed by atoms with Crippen LogP contribution >= 0.6 is 23.2 Å². The fourth-order valence-electron chi connectivity index (χ4n) is 1.42. The summed E-state index contributed by atoms with van der Waals surface area (Å²) in [6, 6.07) is 2.76. The summed E-state index contributed by atoms with van der Waals surface area (Å²) in [6.07, 6.45) is 1.10. The summed E-state index contributed by atoms with van der Waals surface area (Å²) in [4.78, 5) is 11.7. The smallest absolute Gasteiger partial charge is 0.319 e. The van der Waals surface area contributed by atoms with Gasteiger partial charge in [-0.2, -0.15) is 0 Å². The van der Waals surface area contributed by atoms with E-state index in [4.69, 9.17) is 23.2 Å². The molecule has 1 aromatic carbocycles. The maximum absolute atomic E-state index is 11.7. The molecule has 0 aromatic heterocycles. The fourth-order valence-corrected chi connectivity index (χ4v) is 2.26. The van der Waals surface area contributed by atoms with Gasteiger partial charge in [-0.3, -0.25) is 0 Å². The third-order valence-electron chi connectivity index (χ3n) is 2.85. The van der Waals surface area contributed by atoms with Crippen LogP contribution in [0.15, 0.2) is 12.1 Å². The highest BCUT2D eigenvalue weighted by Crippen LogP contribution is 2.30. The van der Waals surface area contributed by atoms with Crippen molar-refractivity contribution in [2.24, 2.45) is 0 Å². The second kappa shape index (κ2) is 7.31. The molecule has 0 spiro atoms. The fraction of sp³-hybridized carbons (Fsp3) is 0.417.